The van der Waals surface area contributed by atoms with Crippen LogP contribution in [0.25, 0.3) is 0 Å². The van der Waals surface area contributed by atoms with Crippen molar-refractivity contribution < 1.29 is 4.79 Å². The molecule has 0 heterocycles. The van der Waals surface area contributed by atoms with Crippen molar-refractivity contribution in [2.45, 2.75) is 19.3 Å². The first-order chi connectivity index (χ1) is 5.79. The number of carbonyl (C=O) groups is 1. The number of carbonyl (C=O) groups excluding carboxylic acids is 1. The van der Waals surface area contributed by atoms with Gasteiger partial charge in [-0.05, 0) is 18.4 Å². The summed E-state index contributed by atoms with van der Waals surface area (Å²) in [4.78, 5) is 10.6. The Morgan fingerprint density at radius 3 is 2.50 bits per heavy atom. The van der Waals surface area contributed by atoms with E-state index in [0.29, 0.717) is 6.42 Å². The number of benzene rings is 1. The predicted octanol–water partition coefficient (Wildman–Crippen LogP) is 2.41. The highest BCUT2D eigenvalue weighted by Gasteiger charge is 1.94. The Bertz CT molecular complexity index is 243. The molecule has 1 rings (SSSR count). The van der Waals surface area contributed by atoms with Crippen LogP contribution in [-0.4, -0.2) is 5.52 Å². The Morgan fingerprint density at radius 2 is 1.92 bits per heavy atom. The van der Waals surface area contributed by atoms with E-state index in [0.717, 1.165) is 12.8 Å². The van der Waals surface area contributed by atoms with Gasteiger partial charge in [0.05, 0.1) is 0 Å². The van der Waals surface area contributed by atoms with Crippen molar-refractivity contribution >= 4 is 14.8 Å². The van der Waals surface area contributed by atoms with Crippen molar-refractivity contribution in [3.8, 4) is 0 Å². The fourth-order valence-corrected chi connectivity index (χ4v) is 1.32. The normalized spacial score (nSPS) is 9.75. The van der Waals surface area contributed by atoms with Crippen molar-refractivity contribution in [3.05, 3.63) is 35.9 Å². The summed E-state index contributed by atoms with van der Waals surface area (Å²) in [6.45, 7) is 0. The van der Waals surface area contributed by atoms with Gasteiger partial charge in [-0.25, -0.2) is 0 Å². The summed E-state index contributed by atoms with van der Waals surface area (Å²) >= 11 is 0. The molecule has 0 aliphatic heterocycles. The molecule has 0 radical (unpaired) electrons. The molecule has 0 saturated heterocycles. The molecule has 2 heteroatoms. The summed E-state index contributed by atoms with van der Waals surface area (Å²) < 4.78 is 0. The van der Waals surface area contributed by atoms with Crippen LogP contribution in [0, 0.1) is 0 Å². The highest BCUT2D eigenvalue weighted by Crippen LogP contribution is 2.06. The van der Waals surface area contributed by atoms with E-state index < -0.39 is 0 Å². The van der Waals surface area contributed by atoms with Gasteiger partial charge in [0.15, 0.2) is 0 Å². The van der Waals surface area contributed by atoms with Gasteiger partial charge in [0.1, 0.15) is 5.52 Å². The lowest BCUT2D eigenvalue weighted by atomic mass is 10.1. The standard InChI is InChI=1S/C10H13OP/c11-10(12)8-4-7-9-5-2-1-3-6-9/h1-3,5-6H,4,7-8,12H2. The van der Waals surface area contributed by atoms with Gasteiger partial charge in [-0.2, -0.15) is 0 Å². The number of rotatable bonds is 4. The molecule has 1 unspecified atom stereocenters. The Morgan fingerprint density at radius 1 is 1.25 bits per heavy atom. The van der Waals surface area contributed by atoms with Crippen molar-refractivity contribution in [3.63, 3.8) is 0 Å². The zero-order chi connectivity index (χ0) is 8.81. The van der Waals surface area contributed by atoms with Crippen LogP contribution >= 0.6 is 9.24 Å². The van der Waals surface area contributed by atoms with Crippen molar-refractivity contribution in [1.82, 2.24) is 0 Å². The maximum absolute atomic E-state index is 10.6. The minimum Gasteiger partial charge on any atom is -0.295 e. The van der Waals surface area contributed by atoms with Crippen LogP contribution in [-0.2, 0) is 11.2 Å². The monoisotopic (exact) mass is 180 g/mol. The van der Waals surface area contributed by atoms with Gasteiger partial charge in [-0.3, -0.25) is 4.79 Å². The van der Waals surface area contributed by atoms with Gasteiger partial charge >= 0.3 is 0 Å². The molecule has 1 aromatic carbocycles. The molecule has 0 spiro atoms. The van der Waals surface area contributed by atoms with E-state index in [1.807, 2.05) is 18.2 Å². The first kappa shape index (κ1) is 9.41. The third-order valence-electron chi connectivity index (χ3n) is 1.73. The van der Waals surface area contributed by atoms with Crippen molar-refractivity contribution in [2.24, 2.45) is 0 Å². The van der Waals surface area contributed by atoms with Crippen LogP contribution in [0.15, 0.2) is 30.3 Å². The Balaban J connectivity index is 2.29. The lowest BCUT2D eigenvalue weighted by molar-refractivity contribution is -0.111. The first-order valence-electron chi connectivity index (χ1n) is 4.11. The van der Waals surface area contributed by atoms with Crippen LogP contribution in [0.3, 0.4) is 0 Å². The molecule has 12 heavy (non-hydrogen) atoms. The summed E-state index contributed by atoms with van der Waals surface area (Å²) in [7, 11) is 2.21. The first-order valence-corrected chi connectivity index (χ1v) is 4.69. The highest BCUT2D eigenvalue weighted by atomic mass is 31.0. The van der Waals surface area contributed by atoms with E-state index in [1.54, 1.807) is 0 Å². The Hall–Kier alpha value is -0.680. The Labute approximate surface area is 75.4 Å². The quantitative estimate of drug-likeness (QED) is 0.650. The zero-order valence-electron chi connectivity index (χ0n) is 6.99. The van der Waals surface area contributed by atoms with E-state index in [2.05, 4.69) is 21.4 Å². The lowest BCUT2D eigenvalue weighted by Gasteiger charge is -1.97. The minimum atomic E-state index is 0.200. The summed E-state index contributed by atoms with van der Waals surface area (Å²) in [6.07, 6.45) is 2.62. The molecule has 64 valence electrons. The van der Waals surface area contributed by atoms with E-state index in [1.165, 1.54) is 5.56 Å². The fraction of sp³-hybridized carbons (Fsp3) is 0.300. The number of hydrogen-bond donors (Lipinski definition) is 0. The minimum absolute atomic E-state index is 0.200. The average molecular weight is 180 g/mol. The third kappa shape index (κ3) is 3.64. The topological polar surface area (TPSA) is 17.1 Å². The molecule has 0 aliphatic carbocycles. The van der Waals surface area contributed by atoms with Crippen LogP contribution in [0.2, 0.25) is 0 Å². The Kier molecular flexibility index (Phi) is 3.96. The van der Waals surface area contributed by atoms with Gasteiger partial charge in [0.25, 0.3) is 0 Å². The van der Waals surface area contributed by atoms with E-state index in [9.17, 15) is 4.79 Å². The van der Waals surface area contributed by atoms with E-state index in [-0.39, 0.29) is 5.52 Å². The highest BCUT2D eigenvalue weighted by molar-refractivity contribution is 7.40. The molecule has 1 atom stereocenters. The van der Waals surface area contributed by atoms with Crippen LogP contribution in [0.5, 0.6) is 0 Å². The number of hydrogen-bond acceptors (Lipinski definition) is 1. The second-order valence-corrected chi connectivity index (χ2v) is 3.45. The molecule has 0 aromatic heterocycles. The summed E-state index contributed by atoms with van der Waals surface area (Å²) in [5.74, 6) is 0. The molecular formula is C10H13OP. The van der Waals surface area contributed by atoms with Gasteiger partial charge in [0.2, 0.25) is 0 Å². The molecular weight excluding hydrogens is 167 g/mol. The zero-order valence-corrected chi connectivity index (χ0v) is 8.15. The summed E-state index contributed by atoms with van der Waals surface area (Å²) in [5.41, 5.74) is 1.51. The van der Waals surface area contributed by atoms with E-state index >= 15 is 0 Å². The maximum Gasteiger partial charge on any atom is 0.148 e. The van der Waals surface area contributed by atoms with Gasteiger partial charge in [-0.1, -0.05) is 39.6 Å². The van der Waals surface area contributed by atoms with Crippen molar-refractivity contribution in [1.29, 1.82) is 0 Å². The fourth-order valence-electron chi connectivity index (χ4n) is 1.11. The lowest BCUT2D eigenvalue weighted by Crippen LogP contribution is -1.89. The third-order valence-corrected chi connectivity index (χ3v) is 2.02. The number of aryl methyl sites for hydroxylation is 1. The summed E-state index contributed by atoms with van der Waals surface area (Å²) in [6, 6.07) is 10.2. The largest absolute Gasteiger partial charge is 0.295 e. The van der Waals surface area contributed by atoms with Crippen LogP contribution in [0.4, 0.5) is 0 Å². The summed E-state index contributed by atoms with van der Waals surface area (Å²) in [5, 5.41) is 0. The van der Waals surface area contributed by atoms with E-state index in [4.69, 9.17) is 0 Å². The molecule has 0 aliphatic rings. The molecule has 0 fully saturated rings. The van der Waals surface area contributed by atoms with Gasteiger partial charge in [0, 0.05) is 6.42 Å². The van der Waals surface area contributed by atoms with Gasteiger partial charge in [-0.15, -0.1) is 0 Å². The molecule has 0 saturated carbocycles. The molecule has 0 amide bonds. The second kappa shape index (κ2) is 5.05. The second-order valence-electron chi connectivity index (χ2n) is 2.81. The van der Waals surface area contributed by atoms with Gasteiger partial charge < -0.3 is 0 Å². The molecule has 1 aromatic rings. The smallest absolute Gasteiger partial charge is 0.148 e. The van der Waals surface area contributed by atoms with Crippen LogP contribution < -0.4 is 0 Å². The predicted molar refractivity (Wildman–Crippen MR) is 54.1 cm³/mol. The maximum atomic E-state index is 10.6. The SMILES string of the molecule is O=C(P)CCCc1ccccc1. The van der Waals surface area contributed by atoms with Crippen LogP contribution in [0.1, 0.15) is 18.4 Å². The van der Waals surface area contributed by atoms with Crippen molar-refractivity contribution in [2.75, 3.05) is 0 Å². The average Bonchev–Trinajstić information content (AvgIpc) is 2.05. The molecule has 0 bridgehead atoms. The molecule has 0 N–H and O–H groups in total. The molecule has 1 nitrogen and oxygen atoms in total.